The van der Waals surface area contributed by atoms with E-state index in [1.54, 1.807) is 39.0 Å². The van der Waals surface area contributed by atoms with Crippen LogP contribution in [0.15, 0.2) is 42.5 Å². The largest absolute Gasteiger partial charge is 0.464 e. The smallest absolute Gasteiger partial charge is 0.408 e. The van der Waals surface area contributed by atoms with Gasteiger partial charge in [-0.05, 0) is 69.4 Å². The van der Waals surface area contributed by atoms with Gasteiger partial charge in [0.2, 0.25) is 0 Å². The Balaban J connectivity index is 1.53. The van der Waals surface area contributed by atoms with E-state index in [4.69, 9.17) is 18.4 Å². The zero-order valence-electron chi connectivity index (χ0n) is 22.4. The number of alkyl halides is 3. The number of carbonyl (C=O) groups excluding carboxylic acids is 2. The summed E-state index contributed by atoms with van der Waals surface area (Å²) < 4.78 is 82.5. The van der Waals surface area contributed by atoms with Crippen molar-refractivity contribution in [1.29, 1.82) is 0 Å². The molecule has 1 N–H and O–H groups in total. The van der Waals surface area contributed by atoms with Gasteiger partial charge in [0.05, 0.1) is 12.4 Å². The molecule has 2 aromatic carbocycles. The van der Waals surface area contributed by atoms with Crippen LogP contribution < -0.4 is 14.2 Å². The van der Waals surface area contributed by atoms with Crippen LogP contribution in [0.25, 0.3) is 0 Å². The fraction of sp³-hybridized carbons (Fsp3) is 0.481. The highest BCUT2D eigenvalue weighted by molar-refractivity contribution is 7.87. The maximum Gasteiger partial charge on any atom is 0.408 e. The fourth-order valence-corrected chi connectivity index (χ4v) is 4.97. The average Bonchev–Trinajstić information content (AvgIpc) is 3.23. The van der Waals surface area contributed by atoms with Crippen molar-refractivity contribution in [3.8, 4) is 17.2 Å². The number of halogens is 3. The van der Waals surface area contributed by atoms with Crippen molar-refractivity contribution in [3.05, 3.63) is 53.6 Å². The first-order valence-corrected chi connectivity index (χ1v) is 14.2. The van der Waals surface area contributed by atoms with Gasteiger partial charge >= 0.3 is 28.4 Å². The van der Waals surface area contributed by atoms with Crippen molar-refractivity contribution >= 4 is 22.2 Å². The van der Waals surface area contributed by atoms with Crippen molar-refractivity contribution in [2.45, 2.75) is 58.2 Å². The maximum absolute atomic E-state index is 12.3. The van der Waals surface area contributed by atoms with Crippen molar-refractivity contribution in [2.24, 2.45) is 5.92 Å². The van der Waals surface area contributed by atoms with E-state index in [1.807, 2.05) is 6.07 Å². The number of alkyl carbamates (subject to hydrolysis) is 1. The average molecular weight is 588 g/mol. The van der Waals surface area contributed by atoms with Crippen LogP contribution in [0, 0.1) is 5.92 Å². The minimum atomic E-state index is -4.45. The number of fused-ring (bicyclic) bond motifs is 1. The minimum absolute atomic E-state index is 0.0123. The highest BCUT2D eigenvalue weighted by Gasteiger charge is 2.28. The van der Waals surface area contributed by atoms with Gasteiger partial charge in [-0.25, -0.2) is 4.79 Å². The first-order chi connectivity index (χ1) is 18.6. The molecule has 9 nitrogen and oxygen atoms in total. The Labute approximate surface area is 231 Å². The van der Waals surface area contributed by atoms with Crippen LogP contribution in [-0.4, -0.2) is 51.2 Å². The van der Waals surface area contributed by atoms with E-state index in [2.05, 4.69) is 5.32 Å². The van der Waals surface area contributed by atoms with E-state index < -0.39 is 52.6 Å². The molecule has 0 fully saturated rings. The summed E-state index contributed by atoms with van der Waals surface area (Å²) in [5, 5.41) is 2.35. The minimum Gasteiger partial charge on any atom is -0.464 e. The Morgan fingerprint density at radius 2 is 1.73 bits per heavy atom. The molecule has 40 heavy (non-hydrogen) atoms. The van der Waals surface area contributed by atoms with Crippen molar-refractivity contribution in [1.82, 2.24) is 5.32 Å². The highest BCUT2D eigenvalue weighted by atomic mass is 32.2. The second kappa shape index (κ2) is 12.8. The third kappa shape index (κ3) is 10.6. The second-order valence-electron chi connectivity index (χ2n) is 10.3. The summed E-state index contributed by atoms with van der Waals surface area (Å²) in [5.41, 5.74) is 1.22. The molecular weight excluding hydrogens is 555 g/mol. The first-order valence-electron chi connectivity index (χ1n) is 12.6. The molecule has 3 rings (SSSR count). The zero-order chi connectivity index (χ0) is 29.6. The molecule has 0 aromatic heterocycles. The normalized spacial score (nSPS) is 15.2. The van der Waals surface area contributed by atoms with Gasteiger partial charge in [-0.15, -0.1) is 0 Å². The van der Waals surface area contributed by atoms with E-state index in [-0.39, 0.29) is 30.6 Å². The summed E-state index contributed by atoms with van der Waals surface area (Å²) in [5.74, 6) is -0.651. The van der Waals surface area contributed by atoms with Gasteiger partial charge in [0.25, 0.3) is 0 Å². The predicted molar refractivity (Wildman–Crippen MR) is 139 cm³/mol. The monoisotopic (exact) mass is 587 g/mol. The van der Waals surface area contributed by atoms with Gasteiger partial charge in [-0.1, -0.05) is 18.2 Å². The van der Waals surface area contributed by atoms with E-state index in [0.29, 0.717) is 18.6 Å². The molecule has 0 heterocycles. The molecule has 2 aromatic rings. The van der Waals surface area contributed by atoms with Crippen LogP contribution in [0.1, 0.15) is 44.7 Å². The third-order valence-electron chi connectivity index (χ3n) is 5.60. The maximum atomic E-state index is 12.3. The topological polar surface area (TPSA) is 117 Å². The number of esters is 1. The van der Waals surface area contributed by atoms with Crippen molar-refractivity contribution in [3.63, 3.8) is 0 Å². The number of ether oxygens (including phenoxy) is 3. The van der Waals surface area contributed by atoms with Crippen LogP contribution in [0.4, 0.5) is 18.0 Å². The fourth-order valence-electron chi connectivity index (χ4n) is 3.99. The molecule has 0 aliphatic heterocycles. The highest BCUT2D eigenvalue weighted by Crippen LogP contribution is 2.37. The Kier molecular flexibility index (Phi) is 9.93. The van der Waals surface area contributed by atoms with Crippen LogP contribution in [-0.2, 0) is 37.2 Å². The number of benzene rings is 2. The summed E-state index contributed by atoms with van der Waals surface area (Å²) >= 11 is 0. The molecule has 13 heteroatoms. The molecule has 1 aliphatic rings. The standard InChI is InChI=1S/C27H32F3NO8S/c1-26(2,3)38-25(33)31-16-24(32)36-17-18-13-19-7-4-10-23(22(19)14-18)37-20-8-5-9-21(15-20)39-40(34,35)12-6-11-27(28,29)30/h4-5,7-10,15,18H,6,11-14,16-17H2,1-3H3,(H,31,33)/t18-/m1/s1. The molecule has 1 aliphatic carbocycles. The molecule has 0 unspecified atom stereocenters. The second-order valence-corrected chi connectivity index (χ2v) is 12.0. The van der Waals surface area contributed by atoms with Gasteiger partial charge in [0.15, 0.2) is 0 Å². The zero-order valence-corrected chi connectivity index (χ0v) is 23.2. The lowest BCUT2D eigenvalue weighted by Crippen LogP contribution is -2.36. The van der Waals surface area contributed by atoms with Crippen molar-refractivity contribution < 1.29 is 49.6 Å². The predicted octanol–water partition coefficient (Wildman–Crippen LogP) is 5.31. The Hall–Kier alpha value is -3.48. The van der Waals surface area contributed by atoms with Gasteiger partial charge < -0.3 is 23.7 Å². The molecule has 0 radical (unpaired) electrons. The van der Waals surface area contributed by atoms with Gasteiger partial charge in [-0.2, -0.15) is 21.6 Å². The Morgan fingerprint density at radius 3 is 2.42 bits per heavy atom. The van der Waals surface area contributed by atoms with Crippen LogP contribution in [0.3, 0.4) is 0 Å². The molecule has 0 bridgehead atoms. The van der Waals surface area contributed by atoms with Crippen LogP contribution in [0.5, 0.6) is 17.2 Å². The molecule has 1 amide bonds. The number of hydrogen-bond acceptors (Lipinski definition) is 8. The molecule has 0 saturated heterocycles. The summed E-state index contributed by atoms with van der Waals surface area (Å²) in [6.45, 7) is 4.95. The Morgan fingerprint density at radius 1 is 1.02 bits per heavy atom. The molecule has 220 valence electrons. The number of nitrogens with one attached hydrogen (secondary N) is 1. The number of rotatable bonds is 11. The number of hydrogen-bond donors (Lipinski definition) is 1. The lowest BCUT2D eigenvalue weighted by molar-refractivity contribution is -0.143. The molecule has 0 saturated carbocycles. The van der Waals surface area contributed by atoms with Gasteiger partial charge in [0, 0.05) is 18.4 Å². The number of amides is 1. The lowest BCUT2D eigenvalue weighted by Gasteiger charge is -2.19. The van der Waals surface area contributed by atoms with Crippen LogP contribution in [0.2, 0.25) is 0 Å². The van der Waals surface area contributed by atoms with E-state index in [9.17, 15) is 31.2 Å². The Bertz CT molecular complexity index is 1310. The van der Waals surface area contributed by atoms with Crippen molar-refractivity contribution in [2.75, 3.05) is 18.9 Å². The van der Waals surface area contributed by atoms with Crippen LogP contribution >= 0.6 is 0 Å². The van der Waals surface area contributed by atoms with E-state index in [0.717, 1.165) is 11.1 Å². The lowest BCUT2D eigenvalue weighted by atomic mass is 10.1. The summed E-state index contributed by atoms with van der Waals surface area (Å²) in [6.07, 6.45) is -5.79. The summed E-state index contributed by atoms with van der Waals surface area (Å²) in [4.78, 5) is 23.8. The first kappa shape index (κ1) is 31.1. The SMILES string of the molecule is CC(C)(C)OC(=O)NCC(=O)OC[C@@H]1Cc2cccc(Oc3cccc(OS(=O)(=O)CCCC(F)(F)F)c3)c2C1. The number of carbonyl (C=O) groups is 2. The molecular formula is C27H32F3NO8S. The van der Waals surface area contributed by atoms with Gasteiger partial charge in [0.1, 0.15) is 29.4 Å². The molecule has 1 atom stereocenters. The van der Waals surface area contributed by atoms with E-state index in [1.165, 1.54) is 18.2 Å². The molecule has 0 spiro atoms. The third-order valence-corrected chi connectivity index (χ3v) is 6.83. The quantitative estimate of drug-likeness (QED) is 0.278. The van der Waals surface area contributed by atoms with E-state index >= 15 is 0 Å². The summed E-state index contributed by atoms with van der Waals surface area (Å²) in [7, 11) is -4.22. The summed E-state index contributed by atoms with van der Waals surface area (Å²) in [6, 6.07) is 11.3. The van der Waals surface area contributed by atoms with Gasteiger partial charge in [-0.3, -0.25) is 4.79 Å².